The zero-order valence-electron chi connectivity index (χ0n) is 19.9. The molecule has 0 saturated carbocycles. The Balaban J connectivity index is 1.40. The van der Waals surface area contributed by atoms with Crippen molar-refractivity contribution in [2.24, 2.45) is 0 Å². The Labute approximate surface area is 196 Å². The molecule has 33 heavy (non-hydrogen) atoms. The number of nitrogens with zero attached hydrogens (tertiary/aromatic N) is 1. The smallest absolute Gasteiger partial charge is 0.407 e. The average molecular weight is 447 g/mol. The summed E-state index contributed by atoms with van der Waals surface area (Å²) < 4.78 is 5.26. The Morgan fingerprint density at radius 3 is 2.52 bits per heavy atom. The van der Waals surface area contributed by atoms with Crippen LogP contribution in [0.5, 0.6) is 0 Å². The molecule has 0 radical (unpaired) electrons. The average Bonchev–Trinajstić information content (AvgIpc) is 3.16. The fourth-order valence-electron chi connectivity index (χ4n) is 4.89. The number of nitrogens with one attached hydrogen (secondary N) is 1. The number of fused-ring (bicyclic) bond motifs is 2. The molecule has 0 fully saturated rings. The predicted molar refractivity (Wildman–Crippen MR) is 131 cm³/mol. The number of carbonyl (C=O) groups excluding carboxylic acids is 2. The molecular formula is C28H34N2O3. The van der Waals surface area contributed by atoms with Crippen molar-refractivity contribution in [3.05, 3.63) is 76.9 Å². The van der Waals surface area contributed by atoms with Crippen molar-refractivity contribution in [3.63, 3.8) is 0 Å². The third-order valence-corrected chi connectivity index (χ3v) is 6.28. The fourth-order valence-corrected chi connectivity index (χ4v) is 4.89. The third kappa shape index (κ3) is 5.47. The van der Waals surface area contributed by atoms with Gasteiger partial charge in [0, 0.05) is 19.5 Å². The maximum Gasteiger partial charge on any atom is 0.407 e. The highest BCUT2D eigenvalue weighted by Crippen LogP contribution is 2.46. The van der Waals surface area contributed by atoms with Gasteiger partial charge in [-0.15, -0.1) is 0 Å². The molecule has 1 aliphatic heterocycles. The van der Waals surface area contributed by atoms with E-state index in [1.807, 2.05) is 26.8 Å². The summed E-state index contributed by atoms with van der Waals surface area (Å²) in [6.45, 7) is 6.78. The van der Waals surface area contributed by atoms with Crippen LogP contribution in [0.25, 0.3) is 5.57 Å². The minimum atomic E-state index is -0.506. The fraction of sp³-hybridized carbons (Fsp3) is 0.429. The van der Waals surface area contributed by atoms with Crippen LogP contribution in [0.4, 0.5) is 4.79 Å². The highest BCUT2D eigenvalue weighted by atomic mass is 16.6. The molecule has 0 aromatic heterocycles. The van der Waals surface area contributed by atoms with Gasteiger partial charge in [0.05, 0.1) is 6.04 Å². The van der Waals surface area contributed by atoms with Gasteiger partial charge in [0.15, 0.2) is 0 Å². The second-order valence-electron chi connectivity index (χ2n) is 9.87. The van der Waals surface area contributed by atoms with Crippen molar-refractivity contribution in [2.45, 2.75) is 64.5 Å². The number of hydrogen-bond acceptors (Lipinski definition) is 3. The first-order chi connectivity index (χ1) is 15.8. The van der Waals surface area contributed by atoms with E-state index in [1.54, 1.807) is 0 Å². The van der Waals surface area contributed by atoms with Crippen LogP contribution in [0.2, 0.25) is 0 Å². The van der Waals surface area contributed by atoms with E-state index in [9.17, 15) is 9.59 Å². The van der Waals surface area contributed by atoms with Crippen LogP contribution in [-0.4, -0.2) is 35.6 Å². The van der Waals surface area contributed by atoms with Crippen molar-refractivity contribution in [2.75, 3.05) is 13.1 Å². The second kappa shape index (κ2) is 9.82. The standard InChI is InChI=1S/C28H34N2O3/c1-28(2,3)33-27(32)29-17-10-9-15-25(31)30-18-16-23-22-14-8-7-13-21(22)19-24(23)26(30)20-11-5-4-6-12-20/h4-8,11-14,26H,9-10,15-19H2,1-3H3,(H,29,32). The van der Waals surface area contributed by atoms with Crippen LogP contribution in [-0.2, 0) is 16.0 Å². The monoisotopic (exact) mass is 446 g/mol. The molecule has 2 aromatic rings. The van der Waals surface area contributed by atoms with Gasteiger partial charge in [0.2, 0.25) is 5.91 Å². The van der Waals surface area contributed by atoms with E-state index in [0.29, 0.717) is 13.0 Å². The van der Waals surface area contributed by atoms with E-state index < -0.39 is 11.7 Å². The molecule has 174 valence electrons. The van der Waals surface area contributed by atoms with Gasteiger partial charge in [-0.1, -0.05) is 54.6 Å². The van der Waals surface area contributed by atoms with E-state index in [-0.39, 0.29) is 11.9 Å². The van der Waals surface area contributed by atoms with Gasteiger partial charge in [-0.3, -0.25) is 4.79 Å². The SMILES string of the molecule is CC(C)(C)OC(=O)NCCCCC(=O)N1CCC2=C(Cc3ccccc32)C1c1ccccc1. The van der Waals surface area contributed by atoms with Crippen LogP contribution in [0.15, 0.2) is 60.2 Å². The largest absolute Gasteiger partial charge is 0.444 e. The van der Waals surface area contributed by atoms with Crippen LogP contribution in [0.1, 0.15) is 69.2 Å². The van der Waals surface area contributed by atoms with Crippen molar-refractivity contribution in [3.8, 4) is 0 Å². The Morgan fingerprint density at radius 2 is 1.76 bits per heavy atom. The van der Waals surface area contributed by atoms with E-state index in [0.717, 1.165) is 32.2 Å². The Morgan fingerprint density at radius 1 is 1.03 bits per heavy atom. The molecule has 0 spiro atoms. The number of amides is 2. The summed E-state index contributed by atoms with van der Waals surface area (Å²) in [5.41, 5.74) is 6.18. The number of ether oxygens (including phenoxy) is 1. The normalized spacial score (nSPS) is 17.4. The first kappa shape index (κ1) is 23.1. The number of hydrogen-bond donors (Lipinski definition) is 1. The molecule has 1 atom stereocenters. The zero-order chi connectivity index (χ0) is 23.4. The minimum Gasteiger partial charge on any atom is -0.444 e. The summed E-state index contributed by atoms with van der Waals surface area (Å²) in [6.07, 6.45) is 3.37. The molecule has 1 heterocycles. The molecule has 4 rings (SSSR count). The summed E-state index contributed by atoms with van der Waals surface area (Å²) in [4.78, 5) is 27.2. The van der Waals surface area contributed by atoms with Crippen molar-refractivity contribution in [1.29, 1.82) is 0 Å². The summed E-state index contributed by atoms with van der Waals surface area (Å²) in [5.74, 6) is 0.184. The summed E-state index contributed by atoms with van der Waals surface area (Å²) in [5, 5.41) is 2.77. The molecule has 0 bridgehead atoms. The van der Waals surface area contributed by atoms with Gasteiger partial charge < -0.3 is 15.0 Å². The van der Waals surface area contributed by atoms with Crippen LogP contribution in [0.3, 0.4) is 0 Å². The molecule has 0 saturated heterocycles. The molecule has 2 aliphatic rings. The van der Waals surface area contributed by atoms with Gasteiger partial charge in [-0.25, -0.2) is 4.79 Å². The number of rotatable bonds is 6. The number of alkyl carbamates (subject to hydrolysis) is 1. The maximum atomic E-state index is 13.3. The summed E-state index contributed by atoms with van der Waals surface area (Å²) >= 11 is 0. The highest BCUT2D eigenvalue weighted by Gasteiger charge is 2.37. The third-order valence-electron chi connectivity index (χ3n) is 6.28. The summed E-state index contributed by atoms with van der Waals surface area (Å²) in [6, 6.07) is 19.0. The quantitative estimate of drug-likeness (QED) is 0.582. The van der Waals surface area contributed by atoms with E-state index in [4.69, 9.17) is 4.74 Å². The number of benzene rings is 2. The topological polar surface area (TPSA) is 58.6 Å². The molecule has 5 heteroatoms. The van der Waals surface area contributed by atoms with Crippen LogP contribution in [0, 0.1) is 0 Å². The lowest BCUT2D eigenvalue weighted by atomic mass is 9.88. The molecule has 1 N–H and O–H groups in total. The van der Waals surface area contributed by atoms with E-state index in [1.165, 1.54) is 27.8 Å². The van der Waals surface area contributed by atoms with Crippen molar-refractivity contribution >= 4 is 17.6 Å². The van der Waals surface area contributed by atoms with Gasteiger partial charge in [-0.2, -0.15) is 0 Å². The minimum absolute atomic E-state index is 0.00487. The lowest BCUT2D eigenvalue weighted by Crippen LogP contribution is -2.39. The van der Waals surface area contributed by atoms with Gasteiger partial charge in [-0.05, 0) is 74.3 Å². The van der Waals surface area contributed by atoms with Crippen molar-refractivity contribution < 1.29 is 14.3 Å². The zero-order valence-corrected chi connectivity index (χ0v) is 19.9. The number of carbonyl (C=O) groups is 2. The maximum absolute atomic E-state index is 13.3. The molecule has 2 amide bonds. The summed E-state index contributed by atoms with van der Waals surface area (Å²) in [7, 11) is 0. The molecule has 5 nitrogen and oxygen atoms in total. The molecule has 2 aromatic carbocycles. The Bertz CT molecular complexity index is 1040. The van der Waals surface area contributed by atoms with Gasteiger partial charge >= 0.3 is 6.09 Å². The highest BCUT2D eigenvalue weighted by molar-refractivity contribution is 5.83. The number of unbranched alkanes of at least 4 members (excludes halogenated alkanes) is 1. The first-order valence-electron chi connectivity index (χ1n) is 11.9. The van der Waals surface area contributed by atoms with Crippen LogP contribution < -0.4 is 5.32 Å². The van der Waals surface area contributed by atoms with Gasteiger partial charge in [0.1, 0.15) is 5.60 Å². The lowest BCUT2D eigenvalue weighted by Gasteiger charge is -2.38. The Kier molecular flexibility index (Phi) is 6.87. The van der Waals surface area contributed by atoms with E-state index >= 15 is 0 Å². The van der Waals surface area contributed by atoms with Gasteiger partial charge in [0.25, 0.3) is 0 Å². The first-order valence-corrected chi connectivity index (χ1v) is 11.9. The van der Waals surface area contributed by atoms with Crippen LogP contribution >= 0.6 is 0 Å². The van der Waals surface area contributed by atoms with Crippen molar-refractivity contribution in [1.82, 2.24) is 10.2 Å². The predicted octanol–water partition coefficient (Wildman–Crippen LogP) is 5.66. The van der Waals surface area contributed by atoms with E-state index in [2.05, 4.69) is 58.7 Å². The molecule has 1 aliphatic carbocycles. The molecule has 1 unspecified atom stereocenters. The second-order valence-corrected chi connectivity index (χ2v) is 9.87. The lowest BCUT2D eigenvalue weighted by molar-refractivity contribution is -0.133. The molecular weight excluding hydrogens is 412 g/mol. The Hall–Kier alpha value is -3.08.